The Balaban J connectivity index is 1.22. The predicted octanol–water partition coefficient (Wildman–Crippen LogP) is 7.68. The molecule has 0 aliphatic carbocycles. The van der Waals surface area contributed by atoms with Crippen LogP contribution in [0.25, 0.3) is 0 Å². The van der Waals surface area contributed by atoms with E-state index in [0.717, 1.165) is 38.0 Å². The number of nitrogens with zero attached hydrogens (tertiary/aromatic N) is 3. The Morgan fingerprint density at radius 2 is 1.64 bits per heavy atom. The molecule has 0 N–H and O–H groups in total. The second kappa shape index (κ2) is 15.8. The SMILES string of the molecule is COc1ccc(C(Cc2c(Cl)c[n+]([O-])cc2Cl)OC(=O)c2ccc(CN(C(=O)O[C@H]3CN4CCC3CC4)c3cccc(Cl)c3)cc2)cc1OC. The summed E-state index contributed by atoms with van der Waals surface area (Å²) in [4.78, 5) is 31.1. The Morgan fingerprint density at radius 1 is 0.940 bits per heavy atom. The number of amides is 1. The van der Waals surface area contributed by atoms with Crippen molar-refractivity contribution in [3.63, 3.8) is 0 Å². The summed E-state index contributed by atoms with van der Waals surface area (Å²) in [5.41, 5.74) is 2.68. The number of fused-ring (bicyclic) bond motifs is 3. The van der Waals surface area contributed by atoms with Gasteiger partial charge in [-0.25, -0.2) is 9.59 Å². The zero-order chi connectivity index (χ0) is 35.4. The van der Waals surface area contributed by atoms with Crippen LogP contribution in [0.2, 0.25) is 15.1 Å². The molecule has 4 aromatic rings. The minimum absolute atomic E-state index is 0.0775. The maximum absolute atomic E-state index is 13.7. The highest BCUT2D eigenvalue weighted by atomic mass is 35.5. The smallest absolute Gasteiger partial charge is 0.414 e. The fraction of sp³-hybridized carbons (Fsp3) is 0.324. The highest BCUT2D eigenvalue weighted by Gasteiger charge is 2.37. The molecule has 3 aromatic carbocycles. The van der Waals surface area contributed by atoms with Gasteiger partial charge in [0.2, 0.25) is 0 Å². The lowest BCUT2D eigenvalue weighted by Crippen LogP contribution is -2.53. The van der Waals surface area contributed by atoms with Crippen molar-refractivity contribution >= 4 is 52.6 Å². The topological polar surface area (TPSA) is 104 Å². The van der Waals surface area contributed by atoms with Gasteiger partial charge in [0.25, 0.3) is 0 Å². The first kappa shape index (κ1) is 35.6. The van der Waals surface area contributed by atoms with Crippen molar-refractivity contribution in [2.24, 2.45) is 5.92 Å². The van der Waals surface area contributed by atoms with Crippen LogP contribution in [0.5, 0.6) is 11.5 Å². The summed E-state index contributed by atoms with van der Waals surface area (Å²) in [6.45, 7) is 3.00. The molecule has 50 heavy (non-hydrogen) atoms. The Labute approximate surface area is 305 Å². The lowest BCUT2D eigenvalue weighted by molar-refractivity contribution is -0.605. The summed E-state index contributed by atoms with van der Waals surface area (Å²) >= 11 is 19.1. The van der Waals surface area contributed by atoms with E-state index in [9.17, 15) is 14.8 Å². The summed E-state index contributed by atoms with van der Waals surface area (Å²) < 4.78 is 23.5. The first-order valence-corrected chi connectivity index (χ1v) is 17.3. The minimum Gasteiger partial charge on any atom is -0.619 e. The molecule has 1 aromatic heterocycles. The maximum Gasteiger partial charge on any atom is 0.414 e. The number of ether oxygens (including phenoxy) is 4. The van der Waals surface area contributed by atoms with Crippen molar-refractivity contribution in [1.82, 2.24) is 4.90 Å². The summed E-state index contributed by atoms with van der Waals surface area (Å²) in [5.74, 6) is 0.691. The highest BCUT2D eigenvalue weighted by molar-refractivity contribution is 6.35. The maximum atomic E-state index is 13.7. The van der Waals surface area contributed by atoms with E-state index in [1.54, 1.807) is 65.6 Å². The van der Waals surface area contributed by atoms with Crippen LogP contribution in [-0.2, 0) is 22.4 Å². The Bertz CT molecular complexity index is 1830. The lowest BCUT2D eigenvalue weighted by atomic mass is 9.86. The van der Waals surface area contributed by atoms with Crippen LogP contribution in [-0.4, -0.2) is 56.9 Å². The Morgan fingerprint density at radius 3 is 2.26 bits per heavy atom. The number of aromatic nitrogens is 1. The van der Waals surface area contributed by atoms with Crippen molar-refractivity contribution in [2.45, 2.75) is 38.0 Å². The molecule has 7 rings (SSSR count). The Kier molecular flexibility index (Phi) is 11.2. The molecule has 3 fully saturated rings. The molecule has 1 amide bonds. The van der Waals surface area contributed by atoms with Gasteiger partial charge in [-0.05, 0) is 85.4 Å². The number of anilines is 1. The van der Waals surface area contributed by atoms with Crippen molar-refractivity contribution < 1.29 is 33.3 Å². The third-order valence-corrected chi connectivity index (χ3v) is 10.1. The minimum atomic E-state index is -0.862. The van der Waals surface area contributed by atoms with E-state index in [4.69, 9.17) is 53.8 Å². The fourth-order valence-electron chi connectivity index (χ4n) is 6.46. The summed E-state index contributed by atoms with van der Waals surface area (Å²) in [7, 11) is 3.03. The van der Waals surface area contributed by atoms with Gasteiger partial charge in [-0.15, -0.1) is 0 Å². The second-order valence-corrected chi connectivity index (χ2v) is 13.6. The number of hydrogen-bond acceptors (Lipinski definition) is 8. The number of benzene rings is 3. The number of methoxy groups -OCH3 is 2. The molecule has 0 radical (unpaired) electrons. The van der Waals surface area contributed by atoms with Crippen LogP contribution in [0, 0.1) is 11.1 Å². The van der Waals surface area contributed by atoms with Crippen LogP contribution in [0.1, 0.15) is 46.0 Å². The van der Waals surface area contributed by atoms with Crippen molar-refractivity contribution in [3.05, 3.63) is 122 Å². The van der Waals surface area contributed by atoms with Gasteiger partial charge in [-0.1, -0.05) is 59.1 Å². The van der Waals surface area contributed by atoms with Crippen LogP contribution in [0.3, 0.4) is 0 Å². The molecule has 2 bridgehead atoms. The van der Waals surface area contributed by atoms with Crippen molar-refractivity contribution in [2.75, 3.05) is 38.8 Å². The van der Waals surface area contributed by atoms with Gasteiger partial charge in [0, 0.05) is 29.2 Å². The van der Waals surface area contributed by atoms with E-state index >= 15 is 0 Å². The van der Waals surface area contributed by atoms with Crippen molar-refractivity contribution in [3.8, 4) is 11.5 Å². The average molecular weight is 741 g/mol. The van der Waals surface area contributed by atoms with Crippen LogP contribution < -0.4 is 19.1 Å². The largest absolute Gasteiger partial charge is 0.619 e. The van der Waals surface area contributed by atoms with E-state index in [1.807, 2.05) is 6.07 Å². The number of carbonyl (C=O) groups is 2. The number of esters is 1. The standard InChI is InChI=1S/C37H36Cl3N3O7/c1-47-32-11-10-26(16-34(32)48-2)33(18-29-30(39)20-42(46)21-31(29)40)49-36(44)25-8-6-23(7-9-25)19-43(28-5-3-4-27(38)17-28)37(45)50-35-22-41-14-12-24(35)13-15-41/h3-11,16-17,20-21,24,33,35H,12-15,18-19,22H2,1-2H3/t33?,35-/m0/s1. The fourth-order valence-corrected chi connectivity index (χ4v) is 7.24. The van der Waals surface area contributed by atoms with E-state index in [0.29, 0.717) is 44.0 Å². The molecule has 10 nitrogen and oxygen atoms in total. The second-order valence-electron chi connectivity index (χ2n) is 12.3. The quantitative estimate of drug-likeness (QED) is 0.0877. The van der Waals surface area contributed by atoms with Gasteiger partial charge in [0.1, 0.15) is 22.3 Å². The van der Waals surface area contributed by atoms with E-state index in [1.165, 1.54) is 26.6 Å². The van der Waals surface area contributed by atoms with Gasteiger partial charge in [-0.2, -0.15) is 4.73 Å². The van der Waals surface area contributed by atoms with Crippen LogP contribution >= 0.6 is 34.8 Å². The zero-order valence-electron chi connectivity index (χ0n) is 27.5. The predicted molar refractivity (Wildman–Crippen MR) is 190 cm³/mol. The van der Waals surface area contributed by atoms with E-state index in [2.05, 4.69) is 4.90 Å². The molecule has 3 aliphatic heterocycles. The van der Waals surface area contributed by atoms with Crippen LogP contribution in [0.15, 0.2) is 79.1 Å². The molecule has 3 aliphatic rings. The summed E-state index contributed by atoms with van der Waals surface area (Å²) in [5, 5.41) is 12.6. The molecular formula is C37H36Cl3N3O7. The normalized spacial score (nSPS) is 18.6. The van der Waals surface area contributed by atoms with Gasteiger partial charge in [-0.3, -0.25) is 9.80 Å². The molecule has 3 saturated heterocycles. The summed E-state index contributed by atoms with van der Waals surface area (Å²) in [6, 6.07) is 19.0. The van der Waals surface area contributed by atoms with Crippen molar-refractivity contribution in [1.29, 1.82) is 0 Å². The molecule has 2 atom stereocenters. The van der Waals surface area contributed by atoms with E-state index in [-0.39, 0.29) is 34.7 Å². The molecule has 0 spiro atoms. The zero-order valence-corrected chi connectivity index (χ0v) is 29.8. The average Bonchev–Trinajstić information content (AvgIpc) is 3.11. The Hall–Kier alpha value is -4.22. The molecule has 13 heteroatoms. The first-order chi connectivity index (χ1) is 24.1. The molecule has 0 saturated carbocycles. The number of hydrogen-bond donors (Lipinski definition) is 0. The third kappa shape index (κ3) is 8.21. The number of carbonyl (C=O) groups excluding carboxylic acids is 2. The number of rotatable bonds is 11. The number of pyridine rings is 1. The van der Waals surface area contributed by atoms with Gasteiger partial charge in [0.05, 0.1) is 26.3 Å². The first-order valence-electron chi connectivity index (χ1n) is 16.2. The van der Waals surface area contributed by atoms with Gasteiger partial charge >= 0.3 is 12.1 Å². The number of halogens is 3. The summed E-state index contributed by atoms with van der Waals surface area (Å²) in [6.07, 6.45) is 3.02. The van der Waals surface area contributed by atoms with Gasteiger partial charge in [0.15, 0.2) is 23.9 Å². The van der Waals surface area contributed by atoms with E-state index < -0.39 is 18.2 Å². The monoisotopic (exact) mass is 739 g/mol. The number of piperidine rings is 3. The highest BCUT2D eigenvalue weighted by Crippen LogP contribution is 2.36. The van der Waals surface area contributed by atoms with Crippen LogP contribution in [0.4, 0.5) is 10.5 Å². The molecule has 262 valence electrons. The van der Waals surface area contributed by atoms with Gasteiger partial charge < -0.3 is 24.2 Å². The molecule has 1 unspecified atom stereocenters. The molecule has 4 heterocycles. The molecular weight excluding hydrogens is 705 g/mol. The lowest BCUT2D eigenvalue weighted by Gasteiger charge is -2.44. The third-order valence-electron chi connectivity index (χ3n) is 9.19.